The standard InChI is InChI=1S/C29H26N2O4/c1-2-3-19-34-24-16-13-22(14-17-24)28(32)31-30-20-26-25-12-8-7-9-21(25)15-18-27(26)35-29(33)23-10-5-4-6-11-23/h4-18,20H,2-3,19H2,1H3,(H,31,32)/b30-20+. The van der Waals surface area contributed by atoms with E-state index < -0.39 is 5.97 Å². The van der Waals surface area contributed by atoms with E-state index in [1.807, 2.05) is 36.4 Å². The number of rotatable bonds is 9. The molecule has 0 bridgehead atoms. The number of esters is 1. The SMILES string of the molecule is CCCCOc1ccc(C(=O)N/N=C/c2c(OC(=O)c3ccccc3)ccc3ccccc23)cc1. The molecule has 0 saturated carbocycles. The number of carbonyl (C=O) groups is 2. The third kappa shape index (κ3) is 6.12. The topological polar surface area (TPSA) is 77.0 Å². The second-order valence-corrected chi connectivity index (χ2v) is 7.88. The summed E-state index contributed by atoms with van der Waals surface area (Å²) in [6, 6.07) is 27.0. The lowest BCUT2D eigenvalue weighted by Crippen LogP contribution is -2.17. The van der Waals surface area contributed by atoms with Crippen LogP contribution in [0, 0.1) is 0 Å². The van der Waals surface area contributed by atoms with Crippen molar-refractivity contribution in [1.29, 1.82) is 0 Å². The molecule has 0 aliphatic heterocycles. The van der Waals surface area contributed by atoms with Crippen LogP contribution in [0.5, 0.6) is 11.5 Å². The third-order valence-electron chi connectivity index (χ3n) is 5.39. The molecule has 6 heteroatoms. The van der Waals surface area contributed by atoms with Crippen LogP contribution in [0.4, 0.5) is 0 Å². The number of ether oxygens (including phenoxy) is 2. The van der Waals surface area contributed by atoms with Gasteiger partial charge >= 0.3 is 5.97 Å². The molecular weight excluding hydrogens is 440 g/mol. The molecule has 4 rings (SSSR count). The zero-order valence-electron chi connectivity index (χ0n) is 19.4. The summed E-state index contributed by atoms with van der Waals surface area (Å²) >= 11 is 0. The van der Waals surface area contributed by atoms with Gasteiger partial charge in [-0.05, 0) is 59.7 Å². The minimum Gasteiger partial charge on any atom is -0.494 e. The predicted molar refractivity (Wildman–Crippen MR) is 137 cm³/mol. The number of benzene rings is 4. The molecule has 0 aliphatic rings. The fourth-order valence-electron chi connectivity index (χ4n) is 3.49. The first-order valence-electron chi connectivity index (χ1n) is 11.5. The van der Waals surface area contributed by atoms with Crippen molar-refractivity contribution in [2.24, 2.45) is 5.10 Å². The molecule has 1 amide bonds. The minimum atomic E-state index is -0.471. The molecule has 0 saturated heterocycles. The molecule has 1 N–H and O–H groups in total. The molecule has 0 heterocycles. The number of fused-ring (bicyclic) bond motifs is 1. The van der Waals surface area contributed by atoms with Gasteiger partial charge < -0.3 is 9.47 Å². The highest BCUT2D eigenvalue weighted by atomic mass is 16.5. The molecular formula is C29H26N2O4. The van der Waals surface area contributed by atoms with Gasteiger partial charge in [0.15, 0.2) is 0 Å². The number of hydrazone groups is 1. The highest BCUT2D eigenvalue weighted by Crippen LogP contribution is 2.27. The summed E-state index contributed by atoms with van der Waals surface area (Å²) in [5.41, 5.74) is 4.04. The molecule has 0 unspecified atom stereocenters. The Balaban J connectivity index is 1.51. The van der Waals surface area contributed by atoms with Crippen LogP contribution in [-0.4, -0.2) is 24.7 Å². The summed E-state index contributed by atoms with van der Waals surface area (Å²) in [5, 5.41) is 5.95. The fraction of sp³-hybridized carbons (Fsp3) is 0.138. The van der Waals surface area contributed by atoms with Crippen molar-refractivity contribution in [1.82, 2.24) is 5.43 Å². The summed E-state index contributed by atoms with van der Waals surface area (Å²) in [7, 11) is 0. The van der Waals surface area contributed by atoms with Crippen LogP contribution in [0.15, 0.2) is 96.1 Å². The maximum Gasteiger partial charge on any atom is 0.343 e. The third-order valence-corrected chi connectivity index (χ3v) is 5.39. The van der Waals surface area contributed by atoms with Crippen LogP contribution < -0.4 is 14.9 Å². The smallest absolute Gasteiger partial charge is 0.343 e. The number of hydrogen-bond acceptors (Lipinski definition) is 5. The van der Waals surface area contributed by atoms with Crippen molar-refractivity contribution in [2.45, 2.75) is 19.8 Å². The molecule has 4 aromatic rings. The lowest BCUT2D eigenvalue weighted by molar-refractivity contribution is 0.0734. The Hall–Kier alpha value is -4.45. The summed E-state index contributed by atoms with van der Waals surface area (Å²) < 4.78 is 11.3. The van der Waals surface area contributed by atoms with Gasteiger partial charge in [-0.3, -0.25) is 4.79 Å². The maximum atomic E-state index is 12.6. The zero-order valence-corrected chi connectivity index (χ0v) is 19.4. The first kappa shape index (κ1) is 23.7. The van der Waals surface area contributed by atoms with Gasteiger partial charge in [0.2, 0.25) is 0 Å². The quantitative estimate of drug-likeness (QED) is 0.108. The fourth-order valence-corrected chi connectivity index (χ4v) is 3.49. The molecule has 35 heavy (non-hydrogen) atoms. The Morgan fingerprint density at radius 1 is 0.857 bits per heavy atom. The van der Waals surface area contributed by atoms with E-state index >= 15 is 0 Å². The highest BCUT2D eigenvalue weighted by Gasteiger charge is 2.13. The van der Waals surface area contributed by atoms with E-state index in [0.717, 1.165) is 29.4 Å². The number of hydrogen-bond donors (Lipinski definition) is 1. The van der Waals surface area contributed by atoms with Crippen molar-refractivity contribution in [3.63, 3.8) is 0 Å². The minimum absolute atomic E-state index is 0.351. The van der Waals surface area contributed by atoms with Crippen molar-refractivity contribution in [2.75, 3.05) is 6.61 Å². The maximum absolute atomic E-state index is 12.6. The van der Waals surface area contributed by atoms with Crippen LogP contribution in [0.3, 0.4) is 0 Å². The Bertz CT molecular complexity index is 1330. The summed E-state index contributed by atoms with van der Waals surface area (Å²) in [5.74, 6) is 0.244. The van der Waals surface area contributed by atoms with Crippen LogP contribution in [0.2, 0.25) is 0 Å². The van der Waals surface area contributed by atoms with Crippen LogP contribution >= 0.6 is 0 Å². The van der Waals surface area contributed by atoms with Gasteiger partial charge in [0.25, 0.3) is 5.91 Å². The molecule has 0 fully saturated rings. The molecule has 0 atom stereocenters. The lowest BCUT2D eigenvalue weighted by Gasteiger charge is -2.10. The van der Waals surface area contributed by atoms with Gasteiger partial charge in [-0.15, -0.1) is 0 Å². The predicted octanol–water partition coefficient (Wildman–Crippen LogP) is 6.00. The molecule has 0 aliphatic carbocycles. The average Bonchev–Trinajstić information content (AvgIpc) is 2.90. The second kappa shape index (κ2) is 11.6. The second-order valence-electron chi connectivity index (χ2n) is 7.88. The van der Waals surface area contributed by atoms with Crippen molar-refractivity contribution in [3.8, 4) is 11.5 Å². The van der Waals surface area contributed by atoms with E-state index in [1.165, 1.54) is 6.21 Å². The van der Waals surface area contributed by atoms with Gasteiger partial charge in [0.05, 0.1) is 18.4 Å². The highest BCUT2D eigenvalue weighted by molar-refractivity contribution is 6.04. The van der Waals surface area contributed by atoms with Gasteiger partial charge in [0.1, 0.15) is 11.5 Å². The summed E-state index contributed by atoms with van der Waals surface area (Å²) in [6.45, 7) is 2.75. The number of nitrogens with zero attached hydrogens (tertiary/aromatic N) is 1. The van der Waals surface area contributed by atoms with Crippen LogP contribution in [-0.2, 0) is 0 Å². The van der Waals surface area contributed by atoms with Gasteiger partial charge in [-0.25, -0.2) is 10.2 Å². The summed E-state index contributed by atoms with van der Waals surface area (Å²) in [6.07, 6.45) is 3.53. The van der Waals surface area contributed by atoms with Gasteiger partial charge in [-0.1, -0.05) is 61.9 Å². The molecule has 0 aromatic heterocycles. The largest absolute Gasteiger partial charge is 0.494 e. The number of nitrogens with one attached hydrogen (secondary N) is 1. The average molecular weight is 467 g/mol. The molecule has 0 spiro atoms. The van der Waals surface area contributed by atoms with E-state index in [9.17, 15) is 9.59 Å². The van der Waals surface area contributed by atoms with Crippen molar-refractivity contribution in [3.05, 3.63) is 108 Å². The Kier molecular flexibility index (Phi) is 7.86. The first-order chi connectivity index (χ1) is 17.2. The molecule has 4 aromatic carbocycles. The Labute approximate surface area is 204 Å². The van der Waals surface area contributed by atoms with Crippen LogP contribution in [0.25, 0.3) is 10.8 Å². The number of amides is 1. The van der Waals surface area contributed by atoms with E-state index in [0.29, 0.717) is 29.0 Å². The van der Waals surface area contributed by atoms with E-state index in [1.54, 1.807) is 54.6 Å². The number of carbonyl (C=O) groups excluding carboxylic acids is 2. The van der Waals surface area contributed by atoms with Crippen LogP contribution in [0.1, 0.15) is 46.0 Å². The molecule has 176 valence electrons. The van der Waals surface area contributed by atoms with E-state index in [-0.39, 0.29) is 5.91 Å². The Morgan fingerprint density at radius 2 is 1.60 bits per heavy atom. The van der Waals surface area contributed by atoms with E-state index in [4.69, 9.17) is 9.47 Å². The monoisotopic (exact) mass is 466 g/mol. The Morgan fingerprint density at radius 3 is 2.37 bits per heavy atom. The molecule has 0 radical (unpaired) electrons. The summed E-state index contributed by atoms with van der Waals surface area (Å²) in [4.78, 5) is 25.2. The van der Waals surface area contributed by atoms with Gasteiger partial charge in [0, 0.05) is 11.1 Å². The zero-order chi connectivity index (χ0) is 24.5. The first-order valence-corrected chi connectivity index (χ1v) is 11.5. The van der Waals surface area contributed by atoms with Crippen molar-refractivity contribution >= 4 is 28.9 Å². The van der Waals surface area contributed by atoms with E-state index in [2.05, 4.69) is 17.5 Å². The van der Waals surface area contributed by atoms with Gasteiger partial charge in [-0.2, -0.15) is 5.10 Å². The number of unbranched alkanes of at least 4 members (excludes halogenated alkanes) is 1. The van der Waals surface area contributed by atoms with Crippen molar-refractivity contribution < 1.29 is 19.1 Å². The normalized spacial score (nSPS) is 10.9. The lowest BCUT2D eigenvalue weighted by atomic mass is 10.0. The molecule has 6 nitrogen and oxygen atoms in total.